The molecule has 5 heteroatoms. The summed E-state index contributed by atoms with van der Waals surface area (Å²) in [6.45, 7) is 3.49. The minimum Gasteiger partial charge on any atom is -0.466 e. The van der Waals surface area contributed by atoms with Crippen LogP contribution in [0.3, 0.4) is 0 Å². The molecule has 2 nitrogen and oxygen atoms in total. The van der Waals surface area contributed by atoms with E-state index in [0.29, 0.717) is 22.1 Å². The highest BCUT2D eigenvalue weighted by Gasteiger charge is 2.21. The molecule has 0 amide bonds. The normalized spacial score (nSPS) is 10.7. The van der Waals surface area contributed by atoms with E-state index in [9.17, 15) is 4.79 Å². The molecule has 1 aromatic heterocycles. The van der Waals surface area contributed by atoms with Crippen molar-refractivity contribution >= 4 is 40.6 Å². The molecule has 1 heterocycles. The third-order valence-electron chi connectivity index (χ3n) is 2.52. The molecule has 94 valence electrons. The fraction of sp³-hybridized carbons (Fsp3) is 0.154. The van der Waals surface area contributed by atoms with Gasteiger partial charge in [-0.1, -0.05) is 34.8 Å². The van der Waals surface area contributed by atoms with Crippen LogP contribution in [-0.2, 0) is 0 Å². The molecule has 0 aliphatic rings. The molecule has 18 heavy (non-hydrogen) atoms. The molecule has 0 atom stereocenters. The van der Waals surface area contributed by atoms with Gasteiger partial charge in [0.05, 0.1) is 21.2 Å². The highest BCUT2D eigenvalue weighted by Crippen LogP contribution is 2.32. The van der Waals surface area contributed by atoms with Gasteiger partial charge in [-0.3, -0.25) is 4.79 Å². The van der Waals surface area contributed by atoms with Crippen LogP contribution < -0.4 is 0 Å². The van der Waals surface area contributed by atoms with E-state index in [1.807, 2.05) is 0 Å². The second kappa shape index (κ2) is 4.96. The summed E-state index contributed by atoms with van der Waals surface area (Å²) in [5, 5.41) is 0.855. The molecule has 0 aliphatic heterocycles. The maximum atomic E-state index is 12.4. The average Bonchev–Trinajstić information content (AvgIpc) is 2.56. The van der Waals surface area contributed by atoms with E-state index in [1.54, 1.807) is 19.9 Å². The largest absolute Gasteiger partial charge is 0.466 e. The van der Waals surface area contributed by atoms with Gasteiger partial charge in [-0.15, -0.1) is 0 Å². The fourth-order valence-electron chi connectivity index (χ4n) is 1.75. The highest BCUT2D eigenvalue weighted by atomic mass is 35.5. The summed E-state index contributed by atoms with van der Waals surface area (Å²) in [5.74, 6) is 0.938. The molecule has 0 spiro atoms. The second-order valence-electron chi connectivity index (χ2n) is 3.90. The minimum absolute atomic E-state index is 0.232. The maximum absolute atomic E-state index is 12.4. The van der Waals surface area contributed by atoms with Crippen LogP contribution in [0.5, 0.6) is 0 Å². The lowest BCUT2D eigenvalue weighted by Gasteiger charge is -2.06. The van der Waals surface area contributed by atoms with Gasteiger partial charge in [-0.25, -0.2) is 0 Å². The standard InChI is InChI=1S/C13H9Cl3O2/c1-6-3-9(7(2)18-6)13(17)12-10(15)4-8(14)5-11(12)16/h3-5H,1-2H3. The Balaban J connectivity index is 2.56. The average molecular weight is 304 g/mol. The SMILES string of the molecule is Cc1cc(C(=O)c2c(Cl)cc(Cl)cc2Cl)c(C)o1. The summed E-state index contributed by atoms with van der Waals surface area (Å²) in [4.78, 5) is 12.4. The van der Waals surface area contributed by atoms with E-state index in [0.717, 1.165) is 0 Å². The summed E-state index contributed by atoms with van der Waals surface area (Å²) in [6.07, 6.45) is 0. The van der Waals surface area contributed by atoms with E-state index < -0.39 is 0 Å². The number of carbonyl (C=O) groups is 1. The number of aryl methyl sites for hydroxylation is 2. The molecule has 0 radical (unpaired) electrons. The monoisotopic (exact) mass is 302 g/mol. The zero-order valence-corrected chi connectivity index (χ0v) is 12.0. The second-order valence-corrected chi connectivity index (χ2v) is 5.15. The van der Waals surface area contributed by atoms with E-state index >= 15 is 0 Å². The molecule has 2 aromatic rings. The third kappa shape index (κ3) is 2.41. The Kier molecular flexibility index (Phi) is 3.71. The van der Waals surface area contributed by atoms with Gasteiger partial charge in [0.25, 0.3) is 0 Å². The van der Waals surface area contributed by atoms with Crippen LogP contribution in [0.15, 0.2) is 22.6 Å². The van der Waals surface area contributed by atoms with Gasteiger partial charge in [0, 0.05) is 5.02 Å². The molecule has 1 aromatic carbocycles. The molecule has 0 bridgehead atoms. The highest BCUT2D eigenvalue weighted by molar-refractivity contribution is 6.43. The summed E-state index contributed by atoms with van der Waals surface area (Å²) >= 11 is 17.8. The lowest BCUT2D eigenvalue weighted by Crippen LogP contribution is -2.03. The summed E-state index contributed by atoms with van der Waals surface area (Å²) in [5.41, 5.74) is 0.699. The molecule has 2 rings (SSSR count). The topological polar surface area (TPSA) is 30.2 Å². The number of halogens is 3. The van der Waals surface area contributed by atoms with Crippen LogP contribution in [0, 0.1) is 13.8 Å². The third-order valence-corrected chi connectivity index (χ3v) is 3.33. The number of hydrogen-bond donors (Lipinski definition) is 0. The Bertz CT molecular complexity index is 606. The van der Waals surface area contributed by atoms with E-state index in [1.165, 1.54) is 12.1 Å². The quantitative estimate of drug-likeness (QED) is 0.724. The maximum Gasteiger partial charge on any atom is 0.199 e. The molecule has 0 fully saturated rings. The van der Waals surface area contributed by atoms with E-state index in [2.05, 4.69) is 0 Å². The molecule has 0 saturated heterocycles. The Labute approximate surface area is 119 Å². The Hall–Kier alpha value is -0.960. The molecular formula is C13H9Cl3O2. The van der Waals surface area contributed by atoms with Crippen molar-refractivity contribution in [3.63, 3.8) is 0 Å². The van der Waals surface area contributed by atoms with Gasteiger partial charge in [0.2, 0.25) is 0 Å². The Morgan fingerprint density at radius 3 is 2.06 bits per heavy atom. The number of benzene rings is 1. The fourth-order valence-corrected chi connectivity index (χ4v) is 2.74. The molecule has 0 aliphatic carbocycles. The first-order chi connectivity index (χ1) is 8.40. The molecule has 0 N–H and O–H groups in total. The van der Waals surface area contributed by atoms with Crippen LogP contribution in [0.4, 0.5) is 0 Å². The van der Waals surface area contributed by atoms with Crippen LogP contribution in [0.25, 0.3) is 0 Å². The lowest BCUT2D eigenvalue weighted by atomic mass is 10.0. The van der Waals surface area contributed by atoms with Crippen molar-refractivity contribution < 1.29 is 9.21 Å². The van der Waals surface area contributed by atoms with Gasteiger partial charge in [-0.05, 0) is 32.0 Å². The van der Waals surface area contributed by atoms with Crippen LogP contribution >= 0.6 is 34.8 Å². The Morgan fingerprint density at radius 2 is 1.61 bits per heavy atom. The zero-order valence-electron chi connectivity index (χ0n) is 9.68. The first kappa shape index (κ1) is 13.5. The van der Waals surface area contributed by atoms with Gasteiger partial charge in [0.15, 0.2) is 5.78 Å². The number of furan rings is 1. The number of carbonyl (C=O) groups excluding carboxylic acids is 1. The number of rotatable bonds is 2. The summed E-state index contributed by atoms with van der Waals surface area (Å²) in [7, 11) is 0. The van der Waals surface area contributed by atoms with Crippen molar-refractivity contribution in [3.05, 3.63) is 55.9 Å². The van der Waals surface area contributed by atoms with Gasteiger partial charge >= 0.3 is 0 Å². The summed E-state index contributed by atoms with van der Waals surface area (Å²) in [6, 6.07) is 4.65. The van der Waals surface area contributed by atoms with Crippen LogP contribution in [-0.4, -0.2) is 5.78 Å². The van der Waals surface area contributed by atoms with Crippen LogP contribution in [0.2, 0.25) is 15.1 Å². The summed E-state index contributed by atoms with van der Waals surface area (Å²) < 4.78 is 5.33. The van der Waals surface area contributed by atoms with Crippen LogP contribution in [0.1, 0.15) is 27.4 Å². The van der Waals surface area contributed by atoms with E-state index in [-0.39, 0.29) is 21.4 Å². The number of ketones is 1. The van der Waals surface area contributed by atoms with Gasteiger partial charge in [-0.2, -0.15) is 0 Å². The first-order valence-electron chi connectivity index (χ1n) is 5.16. The zero-order chi connectivity index (χ0) is 13.4. The Morgan fingerprint density at radius 1 is 1.06 bits per heavy atom. The molecule has 0 unspecified atom stereocenters. The van der Waals surface area contributed by atoms with Crippen molar-refractivity contribution in [2.75, 3.05) is 0 Å². The predicted molar refractivity (Wildman–Crippen MR) is 73.1 cm³/mol. The van der Waals surface area contributed by atoms with E-state index in [4.69, 9.17) is 39.2 Å². The van der Waals surface area contributed by atoms with Crippen molar-refractivity contribution in [1.82, 2.24) is 0 Å². The predicted octanol–water partition coefficient (Wildman–Crippen LogP) is 5.09. The van der Waals surface area contributed by atoms with Crippen molar-refractivity contribution in [3.8, 4) is 0 Å². The van der Waals surface area contributed by atoms with Crippen molar-refractivity contribution in [2.24, 2.45) is 0 Å². The lowest BCUT2D eigenvalue weighted by molar-refractivity contribution is 0.103. The van der Waals surface area contributed by atoms with Gasteiger partial charge < -0.3 is 4.42 Å². The minimum atomic E-state index is -0.268. The molecule has 0 saturated carbocycles. The van der Waals surface area contributed by atoms with Crippen molar-refractivity contribution in [1.29, 1.82) is 0 Å². The first-order valence-corrected chi connectivity index (χ1v) is 6.30. The van der Waals surface area contributed by atoms with Crippen molar-refractivity contribution in [2.45, 2.75) is 13.8 Å². The number of hydrogen-bond acceptors (Lipinski definition) is 2. The smallest absolute Gasteiger partial charge is 0.199 e. The molecular weight excluding hydrogens is 295 g/mol. The van der Waals surface area contributed by atoms with Gasteiger partial charge in [0.1, 0.15) is 11.5 Å².